The molecule has 20 heavy (non-hydrogen) atoms. The van der Waals surface area contributed by atoms with Crippen LogP contribution in [-0.4, -0.2) is 40.4 Å². The largest absolute Gasteiger partial charge is 0.368 e. The van der Waals surface area contributed by atoms with Crippen molar-refractivity contribution in [3.63, 3.8) is 0 Å². The van der Waals surface area contributed by atoms with Crippen molar-refractivity contribution in [3.05, 3.63) is 36.4 Å². The number of nitrogen functional groups attached to an aromatic ring is 1. The molecule has 3 rings (SSSR count). The molecule has 0 aliphatic rings. The molecule has 0 unspecified atom stereocenters. The molecule has 0 atom stereocenters. The molecule has 4 N–H and O–H groups in total. The van der Waals surface area contributed by atoms with Crippen molar-refractivity contribution in [2.45, 2.75) is 0 Å². The average Bonchev–Trinajstić information content (AvgIpc) is 3.10. The van der Waals surface area contributed by atoms with E-state index in [9.17, 15) is 4.79 Å². The molecular weight excluding hydrogens is 262 g/mol. The molecule has 10 nitrogen and oxygen atoms in total. The molecular formula is C10H9N9O. The number of aromatic nitrogens is 7. The second kappa shape index (κ2) is 4.42. The summed E-state index contributed by atoms with van der Waals surface area (Å²) in [6.07, 6.45) is 5.97. The van der Waals surface area contributed by atoms with Crippen molar-refractivity contribution in [1.29, 1.82) is 0 Å². The molecule has 10 heteroatoms. The number of primary amides is 1. The van der Waals surface area contributed by atoms with Gasteiger partial charge in [-0.15, -0.1) is 0 Å². The standard InChI is InChI=1S/C10H9N9O/c11-7(20)6-4-14-19(5-6)10-16-8(12)15-9(17-10)18-3-1-2-13-18/h1-5H,(H2,11,20)(H2,12,15,16,17). The van der Waals surface area contributed by atoms with Crippen LogP contribution in [0.25, 0.3) is 11.9 Å². The fourth-order valence-corrected chi connectivity index (χ4v) is 1.52. The molecule has 0 fully saturated rings. The van der Waals surface area contributed by atoms with Gasteiger partial charge in [-0.05, 0) is 6.07 Å². The van der Waals surface area contributed by atoms with Crippen LogP contribution in [0.2, 0.25) is 0 Å². The fraction of sp³-hybridized carbons (Fsp3) is 0. The lowest BCUT2D eigenvalue weighted by Gasteiger charge is -2.04. The van der Waals surface area contributed by atoms with Crippen LogP contribution in [0.4, 0.5) is 5.95 Å². The number of carbonyl (C=O) groups is 1. The van der Waals surface area contributed by atoms with Crippen molar-refractivity contribution < 1.29 is 4.79 Å². The summed E-state index contributed by atoms with van der Waals surface area (Å²) in [5.74, 6) is -0.175. The number of rotatable bonds is 3. The summed E-state index contributed by atoms with van der Waals surface area (Å²) in [6.45, 7) is 0. The van der Waals surface area contributed by atoms with E-state index < -0.39 is 5.91 Å². The van der Waals surface area contributed by atoms with Gasteiger partial charge in [-0.2, -0.15) is 25.1 Å². The van der Waals surface area contributed by atoms with Gasteiger partial charge >= 0.3 is 0 Å². The first-order chi connectivity index (χ1) is 9.63. The van der Waals surface area contributed by atoms with Gasteiger partial charge in [0.25, 0.3) is 17.8 Å². The van der Waals surface area contributed by atoms with Crippen molar-refractivity contribution in [1.82, 2.24) is 34.5 Å². The minimum Gasteiger partial charge on any atom is -0.368 e. The zero-order chi connectivity index (χ0) is 14.1. The third-order valence-corrected chi connectivity index (χ3v) is 2.41. The SMILES string of the molecule is NC(=O)c1cnn(-c2nc(N)nc(-n3cccn3)n2)c1. The third-order valence-electron chi connectivity index (χ3n) is 2.41. The van der Waals surface area contributed by atoms with Crippen LogP contribution >= 0.6 is 0 Å². The van der Waals surface area contributed by atoms with Gasteiger partial charge in [0.1, 0.15) is 0 Å². The Morgan fingerprint density at radius 2 is 1.85 bits per heavy atom. The molecule has 0 aliphatic heterocycles. The van der Waals surface area contributed by atoms with Gasteiger partial charge in [-0.3, -0.25) is 4.79 Å². The number of nitrogens with zero attached hydrogens (tertiary/aromatic N) is 7. The number of carbonyl (C=O) groups excluding carboxylic acids is 1. The predicted molar refractivity (Wildman–Crippen MR) is 67.0 cm³/mol. The molecule has 0 aliphatic carbocycles. The van der Waals surface area contributed by atoms with E-state index in [-0.39, 0.29) is 23.4 Å². The van der Waals surface area contributed by atoms with E-state index in [0.717, 1.165) is 0 Å². The highest BCUT2D eigenvalue weighted by Gasteiger charge is 2.11. The first-order valence-electron chi connectivity index (χ1n) is 5.50. The molecule has 3 heterocycles. The van der Waals surface area contributed by atoms with E-state index in [0.29, 0.717) is 0 Å². The van der Waals surface area contributed by atoms with Gasteiger partial charge in [0.15, 0.2) is 0 Å². The summed E-state index contributed by atoms with van der Waals surface area (Å²) >= 11 is 0. The highest BCUT2D eigenvalue weighted by atomic mass is 16.1. The van der Waals surface area contributed by atoms with Crippen molar-refractivity contribution in [2.24, 2.45) is 5.73 Å². The minimum absolute atomic E-state index is 0.0108. The van der Waals surface area contributed by atoms with Crippen molar-refractivity contribution >= 4 is 11.9 Å². The summed E-state index contributed by atoms with van der Waals surface area (Å²) in [4.78, 5) is 23.1. The van der Waals surface area contributed by atoms with E-state index in [1.165, 1.54) is 21.8 Å². The average molecular weight is 271 g/mol. The maximum absolute atomic E-state index is 11.0. The quantitative estimate of drug-likeness (QED) is 0.616. The lowest BCUT2D eigenvalue weighted by molar-refractivity contribution is 0.100. The Bertz CT molecular complexity index is 761. The zero-order valence-electron chi connectivity index (χ0n) is 10.1. The van der Waals surface area contributed by atoms with Crippen LogP contribution in [0, 0.1) is 0 Å². The van der Waals surface area contributed by atoms with E-state index in [4.69, 9.17) is 11.5 Å². The maximum Gasteiger partial charge on any atom is 0.257 e. The zero-order valence-corrected chi connectivity index (χ0v) is 10.1. The molecule has 0 bridgehead atoms. The van der Waals surface area contributed by atoms with Gasteiger partial charge in [0, 0.05) is 18.6 Å². The van der Waals surface area contributed by atoms with Gasteiger partial charge in [0.2, 0.25) is 5.95 Å². The molecule has 0 saturated heterocycles. The Kier molecular flexibility index (Phi) is 2.60. The predicted octanol–water partition coefficient (Wildman–Crippen LogP) is -1.08. The second-order valence-corrected chi connectivity index (χ2v) is 3.78. The van der Waals surface area contributed by atoms with E-state index in [1.54, 1.807) is 18.5 Å². The second-order valence-electron chi connectivity index (χ2n) is 3.78. The molecule has 0 spiro atoms. The van der Waals surface area contributed by atoms with Crippen LogP contribution in [0.1, 0.15) is 10.4 Å². The van der Waals surface area contributed by atoms with Crippen LogP contribution in [-0.2, 0) is 0 Å². The lowest BCUT2D eigenvalue weighted by Crippen LogP contribution is -2.12. The summed E-state index contributed by atoms with van der Waals surface area (Å²) in [6, 6.07) is 1.72. The number of hydrogen-bond donors (Lipinski definition) is 2. The Labute approximate surface area is 112 Å². The van der Waals surface area contributed by atoms with Gasteiger partial charge in [-0.25, -0.2) is 9.36 Å². The van der Waals surface area contributed by atoms with E-state index in [2.05, 4.69) is 25.1 Å². The van der Waals surface area contributed by atoms with Crippen LogP contribution in [0.5, 0.6) is 0 Å². The van der Waals surface area contributed by atoms with Crippen molar-refractivity contribution in [2.75, 3.05) is 5.73 Å². The third kappa shape index (κ3) is 2.05. The van der Waals surface area contributed by atoms with Crippen molar-refractivity contribution in [3.8, 4) is 11.9 Å². The van der Waals surface area contributed by atoms with Gasteiger partial charge in [0.05, 0.1) is 11.8 Å². The first-order valence-corrected chi connectivity index (χ1v) is 5.50. The molecule has 3 aromatic heterocycles. The van der Waals surface area contributed by atoms with Gasteiger partial charge < -0.3 is 11.5 Å². The van der Waals surface area contributed by atoms with Crippen LogP contribution in [0.15, 0.2) is 30.9 Å². The Hall–Kier alpha value is -3.30. The van der Waals surface area contributed by atoms with Gasteiger partial charge in [-0.1, -0.05) is 0 Å². The summed E-state index contributed by atoms with van der Waals surface area (Å²) < 4.78 is 2.71. The minimum atomic E-state index is -0.592. The Balaban J connectivity index is 2.07. The first kappa shape index (κ1) is 11.8. The molecule has 0 aromatic carbocycles. The Morgan fingerprint density at radius 3 is 2.45 bits per heavy atom. The summed E-state index contributed by atoms with van der Waals surface area (Å²) in [7, 11) is 0. The van der Waals surface area contributed by atoms with Crippen LogP contribution < -0.4 is 11.5 Å². The summed E-state index contributed by atoms with van der Waals surface area (Å²) in [5, 5.41) is 7.95. The lowest BCUT2D eigenvalue weighted by atomic mass is 10.4. The smallest absolute Gasteiger partial charge is 0.257 e. The number of nitrogens with two attached hydrogens (primary N) is 2. The fourth-order valence-electron chi connectivity index (χ4n) is 1.52. The number of amides is 1. The normalized spacial score (nSPS) is 10.6. The maximum atomic E-state index is 11.0. The monoisotopic (exact) mass is 271 g/mol. The summed E-state index contributed by atoms with van der Waals surface area (Å²) in [5.41, 5.74) is 11.0. The highest BCUT2D eigenvalue weighted by molar-refractivity contribution is 5.92. The molecule has 0 radical (unpaired) electrons. The molecule has 100 valence electrons. The number of hydrogen-bond acceptors (Lipinski definition) is 7. The molecule has 0 saturated carbocycles. The van der Waals surface area contributed by atoms with E-state index >= 15 is 0 Å². The van der Waals surface area contributed by atoms with Crippen LogP contribution in [0.3, 0.4) is 0 Å². The molecule has 1 amide bonds. The number of anilines is 1. The molecule has 3 aromatic rings. The topological polar surface area (TPSA) is 143 Å². The highest BCUT2D eigenvalue weighted by Crippen LogP contribution is 2.07. The van der Waals surface area contributed by atoms with E-state index in [1.807, 2.05) is 0 Å². The Morgan fingerprint density at radius 1 is 1.10 bits per heavy atom.